The zero-order chi connectivity index (χ0) is 9.80. The molecule has 0 saturated heterocycles. The highest BCUT2D eigenvalue weighted by atomic mass is 14.9. The fourth-order valence-electron chi connectivity index (χ4n) is 1.74. The van der Waals surface area contributed by atoms with Crippen molar-refractivity contribution in [2.45, 2.75) is 31.7 Å². The summed E-state index contributed by atoms with van der Waals surface area (Å²) in [6.45, 7) is 0. The number of nitrogens with one attached hydrogen (secondary N) is 1. The van der Waals surface area contributed by atoms with Crippen molar-refractivity contribution in [3.63, 3.8) is 0 Å². The summed E-state index contributed by atoms with van der Waals surface area (Å²) in [7, 11) is 1.99. The molecule has 3 heteroatoms. The average molecular weight is 191 g/mol. The molecule has 1 aromatic rings. The fourth-order valence-corrected chi connectivity index (χ4v) is 1.74. The minimum Gasteiger partial charge on any atom is -0.312 e. The number of hydrogen-bond acceptors (Lipinski definition) is 3. The quantitative estimate of drug-likeness (QED) is 0.772. The zero-order valence-corrected chi connectivity index (χ0v) is 8.61. The van der Waals surface area contributed by atoms with Gasteiger partial charge in [0.2, 0.25) is 0 Å². The van der Waals surface area contributed by atoms with Crippen molar-refractivity contribution in [1.29, 1.82) is 0 Å². The molecule has 0 spiro atoms. The van der Waals surface area contributed by atoms with Crippen LogP contribution in [0.3, 0.4) is 0 Å². The second-order valence-corrected chi connectivity index (χ2v) is 3.99. The molecule has 1 N–H and O–H groups in total. The van der Waals surface area contributed by atoms with Gasteiger partial charge in [-0.3, -0.25) is 9.97 Å². The molecule has 0 amide bonds. The maximum absolute atomic E-state index is 4.32. The van der Waals surface area contributed by atoms with Crippen molar-refractivity contribution in [1.82, 2.24) is 15.3 Å². The smallest absolute Gasteiger partial charge is 0.0755 e. The van der Waals surface area contributed by atoms with Crippen LogP contribution in [0.15, 0.2) is 18.6 Å². The Morgan fingerprint density at radius 2 is 2.36 bits per heavy atom. The van der Waals surface area contributed by atoms with Crippen molar-refractivity contribution in [2.75, 3.05) is 7.05 Å². The highest BCUT2D eigenvalue weighted by Gasteiger charge is 2.22. The van der Waals surface area contributed by atoms with Crippen molar-refractivity contribution < 1.29 is 0 Å². The SMILES string of the molecule is CNC(CCC1CC1)c1cnccn1. The van der Waals surface area contributed by atoms with Gasteiger partial charge in [-0.15, -0.1) is 0 Å². The Morgan fingerprint density at radius 3 is 2.93 bits per heavy atom. The van der Waals surface area contributed by atoms with E-state index in [1.54, 1.807) is 12.4 Å². The van der Waals surface area contributed by atoms with Gasteiger partial charge in [-0.1, -0.05) is 12.8 Å². The van der Waals surface area contributed by atoms with Crippen molar-refractivity contribution in [3.05, 3.63) is 24.3 Å². The van der Waals surface area contributed by atoms with Crippen molar-refractivity contribution in [3.8, 4) is 0 Å². The lowest BCUT2D eigenvalue weighted by Gasteiger charge is -2.14. The van der Waals surface area contributed by atoms with E-state index in [4.69, 9.17) is 0 Å². The Morgan fingerprint density at radius 1 is 1.50 bits per heavy atom. The van der Waals surface area contributed by atoms with Crippen LogP contribution in [0.5, 0.6) is 0 Å². The molecule has 1 aliphatic rings. The van der Waals surface area contributed by atoms with Crippen LogP contribution in [0, 0.1) is 5.92 Å². The fraction of sp³-hybridized carbons (Fsp3) is 0.636. The van der Waals surface area contributed by atoms with Gasteiger partial charge in [-0.25, -0.2) is 0 Å². The van der Waals surface area contributed by atoms with E-state index in [2.05, 4.69) is 15.3 Å². The molecular weight excluding hydrogens is 174 g/mol. The van der Waals surface area contributed by atoms with Crippen LogP contribution >= 0.6 is 0 Å². The second-order valence-electron chi connectivity index (χ2n) is 3.99. The zero-order valence-electron chi connectivity index (χ0n) is 8.61. The molecule has 1 atom stereocenters. The molecule has 1 saturated carbocycles. The summed E-state index contributed by atoms with van der Waals surface area (Å²) >= 11 is 0. The normalized spacial score (nSPS) is 18.1. The van der Waals surface area contributed by atoms with Gasteiger partial charge in [-0.2, -0.15) is 0 Å². The molecule has 1 heterocycles. The van der Waals surface area contributed by atoms with E-state index in [0.29, 0.717) is 6.04 Å². The van der Waals surface area contributed by atoms with E-state index in [1.165, 1.54) is 25.7 Å². The summed E-state index contributed by atoms with van der Waals surface area (Å²) < 4.78 is 0. The molecule has 14 heavy (non-hydrogen) atoms. The lowest BCUT2D eigenvalue weighted by molar-refractivity contribution is 0.495. The lowest BCUT2D eigenvalue weighted by atomic mass is 10.1. The summed E-state index contributed by atoms with van der Waals surface area (Å²) in [5.41, 5.74) is 1.07. The monoisotopic (exact) mass is 191 g/mol. The molecule has 1 unspecified atom stereocenters. The highest BCUT2D eigenvalue weighted by molar-refractivity contribution is 5.02. The Hall–Kier alpha value is -0.960. The first-order valence-corrected chi connectivity index (χ1v) is 5.33. The summed E-state index contributed by atoms with van der Waals surface area (Å²) in [4.78, 5) is 8.42. The first kappa shape index (κ1) is 9.59. The van der Waals surface area contributed by atoms with Gasteiger partial charge in [0.15, 0.2) is 0 Å². The number of aromatic nitrogens is 2. The topological polar surface area (TPSA) is 37.8 Å². The van der Waals surface area contributed by atoms with Crippen LogP contribution in [0.1, 0.15) is 37.4 Å². The van der Waals surface area contributed by atoms with Gasteiger partial charge in [-0.05, 0) is 25.8 Å². The van der Waals surface area contributed by atoms with E-state index in [9.17, 15) is 0 Å². The summed E-state index contributed by atoms with van der Waals surface area (Å²) in [6, 6.07) is 0.379. The van der Waals surface area contributed by atoms with Crippen molar-refractivity contribution in [2.24, 2.45) is 5.92 Å². The van der Waals surface area contributed by atoms with E-state index < -0.39 is 0 Å². The molecule has 0 radical (unpaired) electrons. The molecule has 3 nitrogen and oxygen atoms in total. The molecule has 1 aliphatic carbocycles. The average Bonchev–Trinajstić information content (AvgIpc) is 3.04. The van der Waals surface area contributed by atoms with Gasteiger partial charge >= 0.3 is 0 Å². The number of rotatable bonds is 5. The largest absolute Gasteiger partial charge is 0.312 e. The van der Waals surface area contributed by atoms with Crippen LogP contribution in [0.4, 0.5) is 0 Å². The molecule has 0 aromatic carbocycles. The van der Waals surface area contributed by atoms with Crippen LogP contribution in [-0.4, -0.2) is 17.0 Å². The van der Waals surface area contributed by atoms with Crippen LogP contribution < -0.4 is 5.32 Å². The molecule has 2 rings (SSSR count). The Balaban J connectivity index is 1.90. The Labute approximate surface area is 85.0 Å². The standard InChI is InChI=1S/C11H17N3/c1-12-10(5-4-9-2-3-9)11-8-13-6-7-14-11/h6-10,12H,2-5H2,1H3. The highest BCUT2D eigenvalue weighted by Crippen LogP contribution is 2.35. The third kappa shape index (κ3) is 2.51. The summed E-state index contributed by atoms with van der Waals surface area (Å²) in [5, 5.41) is 3.30. The summed E-state index contributed by atoms with van der Waals surface area (Å²) in [6.07, 6.45) is 10.7. The molecule has 0 aliphatic heterocycles. The molecular formula is C11H17N3. The third-order valence-corrected chi connectivity index (χ3v) is 2.85. The van der Waals surface area contributed by atoms with Crippen molar-refractivity contribution >= 4 is 0 Å². The third-order valence-electron chi connectivity index (χ3n) is 2.85. The van der Waals surface area contributed by atoms with Crippen LogP contribution in [-0.2, 0) is 0 Å². The maximum Gasteiger partial charge on any atom is 0.0755 e. The number of hydrogen-bond donors (Lipinski definition) is 1. The first-order valence-electron chi connectivity index (χ1n) is 5.33. The lowest BCUT2D eigenvalue weighted by Crippen LogP contribution is -2.17. The summed E-state index contributed by atoms with van der Waals surface area (Å²) in [5.74, 6) is 0.988. The van der Waals surface area contributed by atoms with Gasteiger partial charge in [0.1, 0.15) is 0 Å². The minimum atomic E-state index is 0.379. The van der Waals surface area contributed by atoms with Crippen LogP contribution in [0.25, 0.3) is 0 Å². The Bertz CT molecular complexity index is 269. The van der Waals surface area contributed by atoms with E-state index in [0.717, 1.165) is 11.6 Å². The van der Waals surface area contributed by atoms with Gasteiger partial charge in [0.05, 0.1) is 11.7 Å². The van der Waals surface area contributed by atoms with Gasteiger partial charge in [0.25, 0.3) is 0 Å². The van der Waals surface area contributed by atoms with Crippen LogP contribution in [0.2, 0.25) is 0 Å². The predicted molar refractivity (Wildman–Crippen MR) is 55.8 cm³/mol. The van der Waals surface area contributed by atoms with E-state index in [-0.39, 0.29) is 0 Å². The first-order chi connectivity index (χ1) is 6.90. The molecule has 1 aromatic heterocycles. The number of nitrogens with zero attached hydrogens (tertiary/aromatic N) is 2. The van der Waals surface area contributed by atoms with E-state index >= 15 is 0 Å². The molecule has 1 fully saturated rings. The van der Waals surface area contributed by atoms with Gasteiger partial charge in [0, 0.05) is 18.6 Å². The predicted octanol–water partition coefficient (Wildman–Crippen LogP) is 1.93. The molecule has 0 bridgehead atoms. The minimum absolute atomic E-state index is 0.379. The van der Waals surface area contributed by atoms with Gasteiger partial charge < -0.3 is 5.32 Å². The second kappa shape index (κ2) is 4.51. The maximum atomic E-state index is 4.32. The molecule has 76 valence electrons. The Kier molecular flexibility index (Phi) is 3.09. The van der Waals surface area contributed by atoms with E-state index in [1.807, 2.05) is 13.2 Å².